The maximum Gasteiger partial charge on any atom is 0.231 e. The lowest BCUT2D eigenvalue weighted by atomic mass is 10.0. The highest BCUT2D eigenvalue weighted by Gasteiger charge is 2.33. The molecule has 2 radical (unpaired) electrons. The number of nitrogens with one attached hydrogen (secondary N) is 2. The third-order valence-electron chi connectivity index (χ3n) is 9.80. The second kappa shape index (κ2) is 14.0. The number of likely N-dealkylation sites (tertiary alicyclic amines) is 2. The third kappa shape index (κ3) is 6.61. The van der Waals surface area contributed by atoms with Gasteiger partial charge in [-0.05, 0) is 59.1 Å². The van der Waals surface area contributed by atoms with Crippen molar-refractivity contribution in [3.63, 3.8) is 0 Å². The molecule has 8 nitrogen and oxygen atoms in total. The highest BCUT2D eigenvalue weighted by molar-refractivity contribution is 5.89. The molecule has 8 rings (SSSR count). The number of amides is 2. The van der Waals surface area contributed by atoms with E-state index in [-0.39, 0.29) is 23.9 Å². The van der Waals surface area contributed by atoms with Gasteiger partial charge in [0.05, 0.1) is 48.7 Å². The molecule has 2 fully saturated rings. The van der Waals surface area contributed by atoms with Crippen molar-refractivity contribution >= 4 is 11.8 Å². The fraction of sp³-hybridized carbons (Fsp3) is 0.190. The SMILES string of the molecule is O=C([CH]c1ccccc1)N1CCCC1c1ncc(-c2ccc(-c3ccc(-c4cnc([C@@H]5CCCN5C(=O)[CH]c5ccccc5)[nH]4)cc3)cc2)[nH]1. The molecule has 2 atom stereocenters. The Morgan fingerprint density at radius 2 is 0.920 bits per heavy atom. The van der Waals surface area contributed by atoms with E-state index in [2.05, 4.69) is 58.5 Å². The van der Waals surface area contributed by atoms with Gasteiger partial charge in [0.25, 0.3) is 0 Å². The van der Waals surface area contributed by atoms with E-state index in [0.29, 0.717) is 0 Å². The normalized spacial score (nSPS) is 17.4. The molecular weight excluding hydrogens is 621 g/mol. The fourth-order valence-corrected chi connectivity index (χ4v) is 7.17. The van der Waals surface area contributed by atoms with Crippen molar-refractivity contribution in [3.05, 3.63) is 157 Å². The Hall–Kier alpha value is -5.76. The standard InChI is InChI=1S/C42H38N6O2/c49-39(25-29-9-3-1-4-10-29)47-23-7-13-37(47)41-43-27-35(45-41)33-19-15-31(16-20-33)32-17-21-34(22-18-32)36-28-44-42(46-36)38-14-8-24-48(38)40(50)26-30-11-5-2-6-12-30/h1-6,9-12,15-22,25-28,37-38H,7-8,13-14,23-24H2,(H,43,45)(H,44,46)/t37-,38?/m0/s1. The van der Waals surface area contributed by atoms with Gasteiger partial charge in [0, 0.05) is 13.1 Å². The van der Waals surface area contributed by atoms with Crippen LogP contribution in [0.15, 0.2) is 122 Å². The maximum absolute atomic E-state index is 13.1. The zero-order valence-corrected chi connectivity index (χ0v) is 27.7. The van der Waals surface area contributed by atoms with Gasteiger partial charge in [-0.15, -0.1) is 0 Å². The topological polar surface area (TPSA) is 98.0 Å². The first-order valence-corrected chi connectivity index (χ1v) is 17.3. The van der Waals surface area contributed by atoms with Crippen LogP contribution >= 0.6 is 0 Å². The molecule has 2 aliphatic rings. The minimum absolute atomic E-state index is 0.0187. The van der Waals surface area contributed by atoms with Gasteiger partial charge in [0.2, 0.25) is 11.8 Å². The number of benzene rings is 4. The summed E-state index contributed by atoms with van der Waals surface area (Å²) in [5.41, 5.74) is 8.00. The number of rotatable bonds is 9. The zero-order valence-electron chi connectivity index (χ0n) is 27.7. The van der Waals surface area contributed by atoms with Gasteiger partial charge in [-0.1, -0.05) is 109 Å². The Morgan fingerprint density at radius 1 is 0.540 bits per heavy atom. The average molecular weight is 659 g/mol. The van der Waals surface area contributed by atoms with E-state index in [4.69, 9.17) is 9.97 Å². The van der Waals surface area contributed by atoms with E-state index in [1.165, 1.54) is 0 Å². The molecule has 4 heterocycles. The number of aromatic nitrogens is 4. The van der Waals surface area contributed by atoms with Gasteiger partial charge in [-0.2, -0.15) is 0 Å². The summed E-state index contributed by atoms with van der Waals surface area (Å²) >= 11 is 0. The predicted octanol–water partition coefficient (Wildman–Crippen LogP) is 7.97. The van der Waals surface area contributed by atoms with Gasteiger partial charge < -0.3 is 19.8 Å². The van der Waals surface area contributed by atoms with Crippen molar-refractivity contribution in [3.8, 4) is 33.6 Å². The van der Waals surface area contributed by atoms with Gasteiger partial charge in [-0.25, -0.2) is 9.97 Å². The smallest absolute Gasteiger partial charge is 0.231 e. The number of imidazole rings is 2. The Kier molecular flexibility index (Phi) is 8.82. The number of hydrogen-bond acceptors (Lipinski definition) is 4. The van der Waals surface area contributed by atoms with Crippen LogP contribution in [0.25, 0.3) is 33.6 Å². The van der Waals surface area contributed by atoms with Crippen LogP contribution < -0.4 is 0 Å². The third-order valence-corrected chi connectivity index (χ3v) is 9.80. The summed E-state index contributed by atoms with van der Waals surface area (Å²) in [5, 5.41) is 0. The number of H-pyrrole nitrogens is 2. The zero-order chi connectivity index (χ0) is 33.9. The van der Waals surface area contributed by atoms with E-state index >= 15 is 0 Å². The van der Waals surface area contributed by atoms with Crippen molar-refractivity contribution in [2.75, 3.05) is 13.1 Å². The number of carbonyl (C=O) groups is 2. The molecule has 2 N–H and O–H groups in total. The monoisotopic (exact) mass is 658 g/mol. The summed E-state index contributed by atoms with van der Waals surface area (Å²) in [6.07, 6.45) is 10.8. The molecule has 0 aliphatic carbocycles. The Labute approximate surface area is 292 Å². The highest BCUT2D eigenvalue weighted by Crippen LogP contribution is 2.35. The van der Waals surface area contributed by atoms with Crippen LogP contribution in [0.2, 0.25) is 0 Å². The van der Waals surface area contributed by atoms with Crippen LogP contribution in [0.1, 0.15) is 60.5 Å². The molecule has 2 aromatic heterocycles. The molecule has 2 amide bonds. The predicted molar refractivity (Wildman–Crippen MR) is 194 cm³/mol. The number of nitrogens with zero attached hydrogens (tertiary/aromatic N) is 4. The minimum Gasteiger partial charge on any atom is -0.340 e. The van der Waals surface area contributed by atoms with E-state index in [0.717, 1.165) is 95.2 Å². The second-order valence-electron chi connectivity index (χ2n) is 13.0. The molecule has 2 aliphatic heterocycles. The molecule has 0 bridgehead atoms. The first kappa shape index (κ1) is 31.5. The summed E-state index contributed by atoms with van der Waals surface area (Å²) in [5.74, 6) is 1.69. The summed E-state index contributed by atoms with van der Waals surface area (Å²) < 4.78 is 0. The van der Waals surface area contributed by atoms with Crippen LogP contribution in [-0.4, -0.2) is 54.6 Å². The molecule has 1 unspecified atom stereocenters. The summed E-state index contributed by atoms with van der Waals surface area (Å²) in [6, 6.07) is 36.3. The molecule has 2 saturated heterocycles. The van der Waals surface area contributed by atoms with Gasteiger partial charge >= 0.3 is 0 Å². The largest absolute Gasteiger partial charge is 0.340 e. The van der Waals surface area contributed by atoms with Crippen molar-refractivity contribution in [1.29, 1.82) is 0 Å². The Bertz CT molecular complexity index is 1920. The molecule has 248 valence electrons. The van der Waals surface area contributed by atoms with Gasteiger partial charge in [0.15, 0.2) is 0 Å². The quantitative estimate of drug-likeness (QED) is 0.165. The lowest BCUT2D eigenvalue weighted by Gasteiger charge is -2.23. The summed E-state index contributed by atoms with van der Waals surface area (Å²) in [6.45, 7) is 1.46. The molecule has 6 aromatic rings. The first-order chi connectivity index (χ1) is 24.6. The van der Waals surface area contributed by atoms with E-state index in [1.54, 1.807) is 12.8 Å². The second-order valence-corrected chi connectivity index (χ2v) is 13.0. The van der Waals surface area contributed by atoms with E-state index in [1.807, 2.05) is 82.9 Å². The van der Waals surface area contributed by atoms with E-state index < -0.39 is 0 Å². The number of carbonyl (C=O) groups excluding carboxylic acids is 2. The Morgan fingerprint density at radius 3 is 1.32 bits per heavy atom. The molecule has 0 spiro atoms. The minimum atomic E-state index is -0.0577. The average Bonchev–Trinajstić information content (AvgIpc) is 3.99. The fourth-order valence-electron chi connectivity index (χ4n) is 7.17. The van der Waals surface area contributed by atoms with Crippen LogP contribution in [0.4, 0.5) is 0 Å². The van der Waals surface area contributed by atoms with Crippen molar-refractivity contribution < 1.29 is 9.59 Å². The van der Waals surface area contributed by atoms with E-state index in [9.17, 15) is 9.59 Å². The number of hydrogen-bond donors (Lipinski definition) is 2. The van der Waals surface area contributed by atoms with Crippen LogP contribution in [0.3, 0.4) is 0 Å². The van der Waals surface area contributed by atoms with Crippen LogP contribution in [0, 0.1) is 12.8 Å². The highest BCUT2D eigenvalue weighted by atomic mass is 16.2. The molecule has 0 saturated carbocycles. The molecule has 4 aromatic carbocycles. The molecular formula is C42H38N6O2. The van der Waals surface area contributed by atoms with Crippen molar-refractivity contribution in [2.45, 2.75) is 37.8 Å². The number of aromatic amines is 2. The van der Waals surface area contributed by atoms with Crippen molar-refractivity contribution in [2.24, 2.45) is 0 Å². The summed E-state index contributed by atoms with van der Waals surface area (Å²) in [4.78, 5) is 46.4. The molecule has 50 heavy (non-hydrogen) atoms. The van der Waals surface area contributed by atoms with Crippen molar-refractivity contribution in [1.82, 2.24) is 29.7 Å². The van der Waals surface area contributed by atoms with Crippen LogP contribution in [0.5, 0.6) is 0 Å². The van der Waals surface area contributed by atoms with Gasteiger partial charge in [0.1, 0.15) is 11.6 Å². The molecule has 8 heteroatoms. The lowest BCUT2D eigenvalue weighted by Crippen LogP contribution is -2.31. The van der Waals surface area contributed by atoms with Gasteiger partial charge in [-0.3, -0.25) is 9.59 Å². The first-order valence-electron chi connectivity index (χ1n) is 17.3. The Balaban J connectivity index is 0.910. The van der Waals surface area contributed by atoms with Crippen LogP contribution in [-0.2, 0) is 9.59 Å². The summed E-state index contributed by atoms with van der Waals surface area (Å²) in [7, 11) is 0. The maximum atomic E-state index is 13.1. The lowest BCUT2D eigenvalue weighted by molar-refractivity contribution is -0.129.